The van der Waals surface area contributed by atoms with E-state index in [0.29, 0.717) is 24.2 Å². The summed E-state index contributed by atoms with van der Waals surface area (Å²) in [5.41, 5.74) is 2.93. The van der Waals surface area contributed by atoms with Crippen molar-refractivity contribution in [1.29, 1.82) is 0 Å². The van der Waals surface area contributed by atoms with Gasteiger partial charge in [-0.2, -0.15) is 0 Å². The molecule has 33 heavy (non-hydrogen) atoms. The van der Waals surface area contributed by atoms with Gasteiger partial charge in [0.25, 0.3) is 5.56 Å². The van der Waals surface area contributed by atoms with E-state index in [-0.39, 0.29) is 23.6 Å². The summed E-state index contributed by atoms with van der Waals surface area (Å²) in [5, 5.41) is 0.796. The van der Waals surface area contributed by atoms with E-state index in [1.165, 1.54) is 10.9 Å². The zero-order chi connectivity index (χ0) is 22.4. The Hall–Kier alpha value is -3.98. The standard InChI is InChI=1S/C24H22N6O3/c31-21(15-30-16-25-22-18-5-1-2-6-19(18)33-23(22)24(30)32)28-11-9-27(10-12-28)13-17-14-29-8-4-3-7-20(29)26-17/h1-8,14,16H,9-13,15H2. The number of furan rings is 1. The number of para-hydroxylation sites is 1. The predicted molar refractivity (Wildman–Crippen MR) is 123 cm³/mol. The number of carbonyl (C=O) groups is 1. The van der Waals surface area contributed by atoms with Gasteiger partial charge in [-0.15, -0.1) is 0 Å². The maximum Gasteiger partial charge on any atom is 0.297 e. The number of piperazine rings is 1. The minimum absolute atomic E-state index is 0.0503. The van der Waals surface area contributed by atoms with Gasteiger partial charge in [0.15, 0.2) is 0 Å². The van der Waals surface area contributed by atoms with Crippen LogP contribution in [-0.2, 0) is 17.9 Å². The molecule has 1 saturated heterocycles. The van der Waals surface area contributed by atoms with Crippen LogP contribution in [0.25, 0.3) is 27.7 Å². The normalized spacial score (nSPS) is 15.1. The van der Waals surface area contributed by atoms with Crippen LogP contribution in [0.3, 0.4) is 0 Å². The first kappa shape index (κ1) is 19.7. The molecule has 9 heteroatoms. The summed E-state index contributed by atoms with van der Waals surface area (Å²) in [7, 11) is 0. The molecule has 1 fully saturated rings. The third kappa shape index (κ3) is 3.56. The molecular weight excluding hydrogens is 420 g/mol. The molecule has 6 rings (SSSR count). The number of imidazole rings is 1. The lowest BCUT2D eigenvalue weighted by Gasteiger charge is -2.34. The van der Waals surface area contributed by atoms with Crippen LogP contribution < -0.4 is 5.56 Å². The predicted octanol–water partition coefficient (Wildman–Crippen LogP) is 2.13. The first-order chi connectivity index (χ1) is 16.2. The van der Waals surface area contributed by atoms with E-state index in [1.54, 1.807) is 11.0 Å². The van der Waals surface area contributed by atoms with Gasteiger partial charge in [0.1, 0.15) is 23.3 Å². The van der Waals surface area contributed by atoms with Crippen molar-refractivity contribution >= 4 is 33.6 Å². The van der Waals surface area contributed by atoms with E-state index in [4.69, 9.17) is 4.42 Å². The Labute approximate surface area is 188 Å². The van der Waals surface area contributed by atoms with Gasteiger partial charge in [0, 0.05) is 50.5 Å². The van der Waals surface area contributed by atoms with Gasteiger partial charge in [-0.05, 0) is 24.3 Å². The van der Waals surface area contributed by atoms with E-state index in [1.807, 2.05) is 53.2 Å². The van der Waals surface area contributed by atoms with E-state index < -0.39 is 0 Å². The number of hydrogen-bond acceptors (Lipinski definition) is 6. The number of pyridine rings is 1. The highest BCUT2D eigenvalue weighted by Crippen LogP contribution is 2.24. The van der Waals surface area contributed by atoms with Crippen molar-refractivity contribution < 1.29 is 9.21 Å². The Morgan fingerprint density at radius 1 is 1.03 bits per heavy atom. The first-order valence-electron chi connectivity index (χ1n) is 11.0. The summed E-state index contributed by atoms with van der Waals surface area (Å²) in [6, 6.07) is 13.3. The SMILES string of the molecule is O=C(Cn1cnc2c(oc3ccccc32)c1=O)N1CCN(Cc2cn3ccccc3n2)CC1. The molecule has 5 aromatic rings. The number of amides is 1. The molecule has 0 bridgehead atoms. The second kappa shape index (κ2) is 7.86. The number of aromatic nitrogens is 4. The first-order valence-corrected chi connectivity index (χ1v) is 11.0. The molecule has 166 valence electrons. The highest BCUT2D eigenvalue weighted by molar-refractivity contribution is 6.01. The lowest BCUT2D eigenvalue weighted by Crippen LogP contribution is -2.49. The van der Waals surface area contributed by atoms with Gasteiger partial charge in [-0.25, -0.2) is 9.97 Å². The van der Waals surface area contributed by atoms with Crippen LogP contribution >= 0.6 is 0 Å². The summed E-state index contributed by atoms with van der Waals surface area (Å²) in [6.07, 6.45) is 5.46. The third-order valence-electron chi connectivity index (χ3n) is 6.18. The van der Waals surface area contributed by atoms with Crippen LogP contribution in [0.15, 0.2) is 70.4 Å². The molecule has 1 amide bonds. The van der Waals surface area contributed by atoms with Crippen LogP contribution in [0.2, 0.25) is 0 Å². The van der Waals surface area contributed by atoms with Gasteiger partial charge in [-0.1, -0.05) is 18.2 Å². The molecular formula is C24H22N6O3. The summed E-state index contributed by atoms with van der Waals surface area (Å²) in [6.45, 7) is 3.44. The van der Waals surface area contributed by atoms with Gasteiger partial charge in [0.2, 0.25) is 11.5 Å². The number of benzene rings is 1. The van der Waals surface area contributed by atoms with Gasteiger partial charge in [-0.3, -0.25) is 19.1 Å². The second-order valence-corrected chi connectivity index (χ2v) is 8.31. The molecule has 4 aromatic heterocycles. The van der Waals surface area contributed by atoms with Crippen molar-refractivity contribution in [1.82, 2.24) is 28.7 Å². The van der Waals surface area contributed by atoms with E-state index in [9.17, 15) is 9.59 Å². The third-order valence-corrected chi connectivity index (χ3v) is 6.18. The molecule has 0 unspecified atom stereocenters. The van der Waals surface area contributed by atoms with Gasteiger partial charge < -0.3 is 13.7 Å². The Morgan fingerprint density at radius 3 is 2.70 bits per heavy atom. The van der Waals surface area contributed by atoms with Crippen molar-refractivity contribution in [2.75, 3.05) is 26.2 Å². The van der Waals surface area contributed by atoms with E-state index in [2.05, 4.69) is 14.9 Å². The molecule has 0 aliphatic carbocycles. The number of nitrogens with zero attached hydrogens (tertiary/aromatic N) is 6. The van der Waals surface area contributed by atoms with Crippen LogP contribution in [0.1, 0.15) is 5.69 Å². The quantitative estimate of drug-likeness (QED) is 0.424. The molecule has 0 radical (unpaired) electrons. The Morgan fingerprint density at radius 2 is 1.85 bits per heavy atom. The zero-order valence-electron chi connectivity index (χ0n) is 17.9. The molecule has 1 aliphatic rings. The lowest BCUT2D eigenvalue weighted by atomic mass is 10.2. The highest BCUT2D eigenvalue weighted by Gasteiger charge is 2.23. The summed E-state index contributed by atoms with van der Waals surface area (Å²) < 4.78 is 9.05. The van der Waals surface area contributed by atoms with E-state index in [0.717, 1.165) is 36.4 Å². The maximum absolute atomic E-state index is 12.9. The molecule has 9 nitrogen and oxygen atoms in total. The molecule has 5 heterocycles. The van der Waals surface area contributed by atoms with E-state index >= 15 is 0 Å². The molecule has 0 saturated carbocycles. The Bertz CT molecular complexity index is 1510. The number of hydrogen-bond donors (Lipinski definition) is 0. The molecule has 1 aliphatic heterocycles. The fourth-order valence-corrected chi connectivity index (χ4v) is 4.42. The average Bonchev–Trinajstić information content (AvgIpc) is 3.42. The molecule has 0 atom stereocenters. The molecule has 0 spiro atoms. The summed E-state index contributed by atoms with van der Waals surface area (Å²) in [5.74, 6) is -0.0956. The Kier molecular flexibility index (Phi) is 4.69. The van der Waals surface area contributed by atoms with Crippen molar-refractivity contribution in [3.8, 4) is 0 Å². The average molecular weight is 442 g/mol. The minimum atomic E-state index is -0.338. The fraction of sp³-hybridized carbons (Fsp3) is 0.250. The van der Waals surface area contributed by atoms with Crippen LogP contribution in [0, 0.1) is 0 Å². The summed E-state index contributed by atoms with van der Waals surface area (Å²) in [4.78, 5) is 38.9. The topological polar surface area (TPSA) is 88.9 Å². The maximum atomic E-state index is 12.9. The number of fused-ring (bicyclic) bond motifs is 4. The van der Waals surface area contributed by atoms with Crippen LogP contribution in [0.5, 0.6) is 0 Å². The lowest BCUT2D eigenvalue weighted by molar-refractivity contribution is -0.133. The highest BCUT2D eigenvalue weighted by atomic mass is 16.3. The largest absolute Gasteiger partial charge is 0.448 e. The van der Waals surface area contributed by atoms with Gasteiger partial charge >= 0.3 is 0 Å². The smallest absolute Gasteiger partial charge is 0.297 e. The fourth-order valence-electron chi connectivity index (χ4n) is 4.42. The summed E-state index contributed by atoms with van der Waals surface area (Å²) >= 11 is 0. The van der Waals surface area contributed by atoms with Crippen molar-refractivity contribution in [2.24, 2.45) is 0 Å². The van der Waals surface area contributed by atoms with Crippen molar-refractivity contribution in [3.63, 3.8) is 0 Å². The van der Waals surface area contributed by atoms with Gasteiger partial charge in [0.05, 0.1) is 12.0 Å². The number of carbonyl (C=O) groups excluding carboxylic acids is 1. The van der Waals surface area contributed by atoms with Crippen LogP contribution in [-0.4, -0.2) is 60.8 Å². The van der Waals surface area contributed by atoms with Crippen molar-refractivity contribution in [3.05, 3.63) is 77.2 Å². The zero-order valence-corrected chi connectivity index (χ0v) is 17.9. The number of rotatable bonds is 4. The second-order valence-electron chi connectivity index (χ2n) is 8.31. The molecule has 0 N–H and O–H groups in total. The minimum Gasteiger partial charge on any atom is -0.448 e. The van der Waals surface area contributed by atoms with Crippen LogP contribution in [0.4, 0.5) is 0 Å². The monoisotopic (exact) mass is 442 g/mol. The molecule has 1 aromatic carbocycles. The van der Waals surface area contributed by atoms with Crippen molar-refractivity contribution in [2.45, 2.75) is 13.1 Å². The Balaban J connectivity index is 1.12.